The Labute approximate surface area is 90.4 Å². The molecule has 0 spiro atoms. The Morgan fingerprint density at radius 1 is 1.50 bits per heavy atom. The van der Waals surface area contributed by atoms with E-state index in [0.29, 0.717) is 4.47 Å². The molecule has 0 heterocycles. The molecule has 0 unspecified atom stereocenters. The van der Waals surface area contributed by atoms with Gasteiger partial charge in [0.15, 0.2) is 0 Å². The topological polar surface area (TPSA) is 69.2 Å². The molecule has 0 amide bonds. The van der Waals surface area contributed by atoms with Gasteiger partial charge in [-0.3, -0.25) is 10.1 Å². The van der Waals surface area contributed by atoms with Crippen LogP contribution < -0.4 is 5.73 Å². The molecule has 0 fully saturated rings. The van der Waals surface area contributed by atoms with Gasteiger partial charge in [-0.05, 0) is 17.5 Å². The lowest BCUT2D eigenvalue weighted by Crippen LogP contribution is -2.01. The van der Waals surface area contributed by atoms with Gasteiger partial charge in [0.05, 0.1) is 4.92 Å². The summed E-state index contributed by atoms with van der Waals surface area (Å²) in [5.41, 5.74) is 6.71. The van der Waals surface area contributed by atoms with E-state index in [0.717, 1.165) is 5.56 Å². The number of benzene rings is 1. The highest BCUT2D eigenvalue weighted by molar-refractivity contribution is 9.10. The third kappa shape index (κ3) is 2.04. The van der Waals surface area contributed by atoms with Crippen LogP contribution in [-0.4, -0.2) is 4.92 Å². The van der Waals surface area contributed by atoms with Crippen molar-refractivity contribution >= 4 is 27.3 Å². The van der Waals surface area contributed by atoms with E-state index in [1.54, 1.807) is 0 Å². The molecule has 0 aromatic heterocycles. The largest absolute Gasteiger partial charge is 0.393 e. The summed E-state index contributed by atoms with van der Waals surface area (Å²) in [5, 5.41) is 10.7. The van der Waals surface area contributed by atoms with E-state index in [2.05, 4.69) is 15.9 Å². The van der Waals surface area contributed by atoms with Crippen LogP contribution in [0.15, 0.2) is 16.6 Å². The van der Waals surface area contributed by atoms with E-state index in [-0.39, 0.29) is 17.3 Å². The lowest BCUT2D eigenvalue weighted by molar-refractivity contribution is -0.384. The molecule has 2 N–H and O–H groups in total. The monoisotopic (exact) mass is 258 g/mol. The van der Waals surface area contributed by atoms with Crippen molar-refractivity contribution in [3.8, 4) is 0 Å². The normalized spacial score (nSPS) is 10.6. The zero-order valence-electron chi connectivity index (χ0n) is 7.95. The SMILES string of the molecule is CC(C)c1cc(Br)cc([N+](=O)[O-])c1N. The third-order valence-electron chi connectivity index (χ3n) is 1.97. The zero-order valence-corrected chi connectivity index (χ0v) is 9.54. The molecule has 1 aromatic carbocycles. The van der Waals surface area contributed by atoms with Crippen molar-refractivity contribution in [1.82, 2.24) is 0 Å². The average Bonchev–Trinajstić information content (AvgIpc) is 2.07. The number of nitrogen functional groups attached to an aromatic ring is 1. The molecule has 14 heavy (non-hydrogen) atoms. The molecule has 0 aliphatic carbocycles. The minimum atomic E-state index is -0.466. The lowest BCUT2D eigenvalue weighted by atomic mass is 10.0. The van der Waals surface area contributed by atoms with Crippen LogP contribution in [0.5, 0.6) is 0 Å². The van der Waals surface area contributed by atoms with E-state index >= 15 is 0 Å². The summed E-state index contributed by atoms with van der Waals surface area (Å²) in [6, 6.07) is 3.23. The highest BCUT2D eigenvalue weighted by atomic mass is 79.9. The predicted octanol–water partition coefficient (Wildman–Crippen LogP) is 3.06. The maximum atomic E-state index is 10.7. The molecule has 0 radical (unpaired) electrons. The van der Waals surface area contributed by atoms with Gasteiger partial charge in [-0.2, -0.15) is 0 Å². The second kappa shape index (κ2) is 3.96. The molecule has 1 rings (SSSR count). The van der Waals surface area contributed by atoms with Crippen LogP contribution in [0.25, 0.3) is 0 Å². The third-order valence-corrected chi connectivity index (χ3v) is 2.43. The second-order valence-corrected chi connectivity index (χ2v) is 4.26. The molecular weight excluding hydrogens is 248 g/mol. The van der Waals surface area contributed by atoms with Crippen molar-refractivity contribution in [1.29, 1.82) is 0 Å². The fraction of sp³-hybridized carbons (Fsp3) is 0.333. The van der Waals surface area contributed by atoms with Gasteiger partial charge in [-0.15, -0.1) is 0 Å². The highest BCUT2D eigenvalue weighted by Crippen LogP contribution is 2.33. The van der Waals surface area contributed by atoms with Crippen molar-refractivity contribution in [2.24, 2.45) is 0 Å². The molecule has 0 atom stereocenters. The molecular formula is C9H11BrN2O2. The fourth-order valence-electron chi connectivity index (χ4n) is 1.25. The van der Waals surface area contributed by atoms with Crippen molar-refractivity contribution in [3.63, 3.8) is 0 Å². The first kappa shape index (κ1) is 11.0. The number of halogens is 1. The minimum Gasteiger partial charge on any atom is -0.393 e. The minimum absolute atomic E-state index is 0.0388. The number of nitrogens with two attached hydrogens (primary N) is 1. The number of anilines is 1. The second-order valence-electron chi connectivity index (χ2n) is 3.34. The summed E-state index contributed by atoms with van der Waals surface area (Å²) < 4.78 is 0.683. The molecule has 0 saturated carbocycles. The number of nitro groups is 1. The molecule has 5 heteroatoms. The maximum absolute atomic E-state index is 10.7. The molecule has 1 aromatic rings. The Bertz CT molecular complexity index is 377. The summed E-state index contributed by atoms with van der Waals surface area (Å²) >= 11 is 3.22. The van der Waals surface area contributed by atoms with Gasteiger partial charge in [-0.25, -0.2) is 0 Å². The predicted molar refractivity (Wildman–Crippen MR) is 59.3 cm³/mol. The molecule has 0 aliphatic rings. The summed E-state index contributed by atoms with van der Waals surface area (Å²) in [7, 11) is 0. The Morgan fingerprint density at radius 2 is 2.07 bits per heavy atom. The van der Waals surface area contributed by atoms with Gasteiger partial charge >= 0.3 is 0 Å². The standard InChI is InChI=1S/C9H11BrN2O2/c1-5(2)7-3-6(10)4-8(9(7)11)12(13)14/h3-5H,11H2,1-2H3. The highest BCUT2D eigenvalue weighted by Gasteiger charge is 2.17. The van der Waals surface area contributed by atoms with Crippen LogP contribution >= 0.6 is 15.9 Å². The van der Waals surface area contributed by atoms with E-state index in [4.69, 9.17) is 5.73 Å². The van der Waals surface area contributed by atoms with Gasteiger partial charge in [0.25, 0.3) is 5.69 Å². The molecule has 4 nitrogen and oxygen atoms in total. The van der Waals surface area contributed by atoms with Gasteiger partial charge in [-0.1, -0.05) is 29.8 Å². The Hall–Kier alpha value is -1.10. The zero-order chi connectivity index (χ0) is 10.9. The van der Waals surface area contributed by atoms with E-state index < -0.39 is 4.92 Å². The van der Waals surface area contributed by atoms with E-state index in [1.165, 1.54) is 6.07 Å². The van der Waals surface area contributed by atoms with Gasteiger partial charge in [0.1, 0.15) is 5.69 Å². The molecule has 0 saturated heterocycles. The molecule has 76 valence electrons. The number of hydrogen-bond donors (Lipinski definition) is 1. The fourth-order valence-corrected chi connectivity index (χ4v) is 1.72. The van der Waals surface area contributed by atoms with Gasteiger partial charge in [0, 0.05) is 10.5 Å². The Balaban J connectivity index is 3.40. The van der Waals surface area contributed by atoms with Crippen molar-refractivity contribution in [2.45, 2.75) is 19.8 Å². The van der Waals surface area contributed by atoms with Gasteiger partial charge < -0.3 is 5.73 Å². The van der Waals surface area contributed by atoms with Crippen LogP contribution in [0.1, 0.15) is 25.3 Å². The lowest BCUT2D eigenvalue weighted by Gasteiger charge is -2.09. The first-order chi connectivity index (χ1) is 6.43. The summed E-state index contributed by atoms with van der Waals surface area (Å²) in [5.74, 6) is 0.172. The molecule has 0 aliphatic heterocycles. The van der Waals surface area contributed by atoms with Crippen LogP contribution in [0.4, 0.5) is 11.4 Å². The first-order valence-corrected chi connectivity index (χ1v) is 4.96. The average molecular weight is 259 g/mol. The number of nitrogens with zero attached hydrogens (tertiary/aromatic N) is 1. The summed E-state index contributed by atoms with van der Waals surface area (Å²) in [4.78, 5) is 10.2. The van der Waals surface area contributed by atoms with E-state index in [1.807, 2.05) is 19.9 Å². The maximum Gasteiger partial charge on any atom is 0.293 e. The number of nitro benzene ring substituents is 1. The Morgan fingerprint density at radius 3 is 2.50 bits per heavy atom. The van der Waals surface area contributed by atoms with Crippen LogP contribution in [0, 0.1) is 10.1 Å². The quantitative estimate of drug-likeness (QED) is 0.504. The van der Waals surface area contributed by atoms with Crippen LogP contribution in [-0.2, 0) is 0 Å². The summed E-state index contributed by atoms with van der Waals surface area (Å²) in [6.07, 6.45) is 0. The number of rotatable bonds is 2. The van der Waals surface area contributed by atoms with E-state index in [9.17, 15) is 10.1 Å². The van der Waals surface area contributed by atoms with Crippen molar-refractivity contribution < 1.29 is 4.92 Å². The van der Waals surface area contributed by atoms with Gasteiger partial charge in [0.2, 0.25) is 0 Å². The first-order valence-electron chi connectivity index (χ1n) is 4.16. The molecule has 0 bridgehead atoms. The smallest absolute Gasteiger partial charge is 0.293 e. The van der Waals surface area contributed by atoms with Crippen LogP contribution in [0.3, 0.4) is 0 Å². The van der Waals surface area contributed by atoms with Crippen LogP contribution in [0.2, 0.25) is 0 Å². The summed E-state index contributed by atoms with van der Waals surface area (Å²) in [6.45, 7) is 3.89. The van der Waals surface area contributed by atoms with Crippen molar-refractivity contribution in [3.05, 3.63) is 32.3 Å². The van der Waals surface area contributed by atoms with Crippen molar-refractivity contribution in [2.75, 3.05) is 5.73 Å². The number of hydrogen-bond acceptors (Lipinski definition) is 3. The Kier molecular flexibility index (Phi) is 3.10.